The highest BCUT2D eigenvalue weighted by Gasteiger charge is 2.20. The number of aromatic nitrogens is 3. The first-order valence-corrected chi connectivity index (χ1v) is 17.1. The van der Waals surface area contributed by atoms with E-state index >= 15 is 0 Å². The van der Waals surface area contributed by atoms with Crippen molar-refractivity contribution in [1.29, 1.82) is 0 Å². The molecule has 0 aliphatic carbocycles. The number of hydrogen-bond acceptors (Lipinski definition) is 4. The highest BCUT2D eigenvalue weighted by molar-refractivity contribution is 6.19. The summed E-state index contributed by atoms with van der Waals surface area (Å²) >= 11 is 0. The van der Waals surface area contributed by atoms with Crippen molar-refractivity contribution in [2.75, 3.05) is 0 Å². The molecule has 0 radical (unpaired) electrons. The Labute approximate surface area is 294 Å². The van der Waals surface area contributed by atoms with Crippen LogP contribution in [0.15, 0.2) is 180 Å². The van der Waals surface area contributed by atoms with Crippen LogP contribution in [0.1, 0.15) is 0 Å². The fourth-order valence-corrected chi connectivity index (χ4v) is 7.25. The van der Waals surface area contributed by atoms with Gasteiger partial charge in [-0.05, 0) is 61.6 Å². The normalized spacial score (nSPS) is 11.5. The number of furan rings is 1. The van der Waals surface area contributed by atoms with E-state index in [1.165, 1.54) is 16.2 Å². The molecule has 238 valence electrons. The predicted molar refractivity (Wildman–Crippen MR) is 209 cm³/mol. The summed E-state index contributed by atoms with van der Waals surface area (Å²) in [4.78, 5) is 15.8. The Morgan fingerprint density at radius 2 is 0.961 bits per heavy atom. The molecule has 0 atom stereocenters. The van der Waals surface area contributed by atoms with Crippen molar-refractivity contribution < 1.29 is 4.42 Å². The zero-order valence-corrected chi connectivity index (χ0v) is 27.5. The van der Waals surface area contributed by atoms with Gasteiger partial charge in [0.1, 0.15) is 11.3 Å². The van der Waals surface area contributed by atoms with Gasteiger partial charge in [0.2, 0.25) is 0 Å². The molecule has 4 heteroatoms. The van der Waals surface area contributed by atoms with Crippen LogP contribution in [0.4, 0.5) is 0 Å². The molecule has 10 aromatic rings. The van der Waals surface area contributed by atoms with E-state index in [2.05, 4.69) is 146 Å². The number of fused-ring (bicyclic) bond motifs is 5. The second-order valence-electron chi connectivity index (χ2n) is 12.8. The van der Waals surface area contributed by atoms with E-state index in [-0.39, 0.29) is 0 Å². The highest BCUT2D eigenvalue weighted by Crippen LogP contribution is 2.40. The van der Waals surface area contributed by atoms with Crippen LogP contribution in [0.5, 0.6) is 0 Å². The van der Waals surface area contributed by atoms with Crippen LogP contribution in [0, 0.1) is 0 Å². The molecular weight excluding hydrogens is 623 g/mol. The molecule has 0 amide bonds. The van der Waals surface area contributed by atoms with Crippen LogP contribution >= 0.6 is 0 Å². The number of nitrogens with zero attached hydrogens (tertiary/aromatic N) is 3. The van der Waals surface area contributed by atoms with Crippen LogP contribution in [0.25, 0.3) is 99.9 Å². The van der Waals surface area contributed by atoms with Crippen molar-refractivity contribution in [1.82, 2.24) is 15.0 Å². The lowest BCUT2D eigenvalue weighted by atomic mass is 9.93. The summed E-state index contributed by atoms with van der Waals surface area (Å²) in [6.07, 6.45) is 0. The van der Waals surface area contributed by atoms with Gasteiger partial charge in [-0.2, -0.15) is 0 Å². The maximum atomic E-state index is 6.18. The zero-order chi connectivity index (χ0) is 33.7. The molecule has 0 saturated carbocycles. The lowest BCUT2D eigenvalue weighted by Gasteiger charge is -2.15. The summed E-state index contributed by atoms with van der Waals surface area (Å²) < 4.78 is 6.18. The number of para-hydroxylation sites is 1. The Hall–Kier alpha value is -6.91. The molecule has 2 heterocycles. The fraction of sp³-hybridized carbons (Fsp3) is 0. The molecule has 0 fully saturated rings. The van der Waals surface area contributed by atoms with Gasteiger partial charge in [-0.15, -0.1) is 0 Å². The minimum absolute atomic E-state index is 0.607. The lowest BCUT2D eigenvalue weighted by Crippen LogP contribution is -2.02. The van der Waals surface area contributed by atoms with Gasteiger partial charge >= 0.3 is 0 Å². The standard InChI is InChI=1S/C47H29N3O/c1-2-12-30(13-3-1)36-17-9-10-20-40(36)46-48-45(33-24-22-32(23-25-33)43-29-35-16-6-11-21-42(35)51-43)49-47(50-46)44-38-19-8-5-15-34(38)28-41-37-18-7-4-14-31(37)26-27-39(41)44/h1-29H. The Balaban J connectivity index is 1.22. The monoisotopic (exact) mass is 651 g/mol. The van der Waals surface area contributed by atoms with Crippen molar-refractivity contribution in [3.8, 4) is 56.6 Å². The van der Waals surface area contributed by atoms with Crippen molar-refractivity contribution in [2.24, 2.45) is 0 Å². The first-order valence-electron chi connectivity index (χ1n) is 17.1. The van der Waals surface area contributed by atoms with Crippen LogP contribution in [0.2, 0.25) is 0 Å². The molecule has 51 heavy (non-hydrogen) atoms. The third-order valence-corrected chi connectivity index (χ3v) is 9.73. The first kappa shape index (κ1) is 29.0. The Morgan fingerprint density at radius 1 is 0.333 bits per heavy atom. The third-order valence-electron chi connectivity index (χ3n) is 9.73. The molecule has 0 saturated heterocycles. The van der Waals surface area contributed by atoms with E-state index < -0.39 is 0 Å². The zero-order valence-electron chi connectivity index (χ0n) is 27.5. The van der Waals surface area contributed by atoms with Crippen LogP contribution in [-0.4, -0.2) is 15.0 Å². The molecule has 0 aliphatic rings. The molecule has 0 aliphatic heterocycles. The third kappa shape index (κ3) is 5.04. The lowest BCUT2D eigenvalue weighted by molar-refractivity contribution is 0.631. The van der Waals surface area contributed by atoms with E-state index in [0.29, 0.717) is 17.5 Å². The first-order chi connectivity index (χ1) is 25.3. The fourth-order valence-electron chi connectivity index (χ4n) is 7.25. The summed E-state index contributed by atoms with van der Waals surface area (Å²) in [5.41, 5.74) is 6.87. The number of hydrogen-bond donors (Lipinski definition) is 0. The molecule has 0 bridgehead atoms. The second-order valence-corrected chi connectivity index (χ2v) is 12.8. The summed E-state index contributed by atoms with van der Waals surface area (Å²) in [6.45, 7) is 0. The average Bonchev–Trinajstić information content (AvgIpc) is 3.65. The van der Waals surface area contributed by atoms with Gasteiger partial charge in [-0.3, -0.25) is 0 Å². The van der Waals surface area contributed by atoms with Gasteiger partial charge in [0.15, 0.2) is 17.5 Å². The summed E-state index contributed by atoms with van der Waals surface area (Å²) in [6, 6.07) is 61.0. The minimum atomic E-state index is 0.607. The van der Waals surface area contributed by atoms with Gasteiger partial charge < -0.3 is 4.42 Å². The quantitative estimate of drug-likeness (QED) is 0.137. The van der Waals surface area contributed by atoms with Crippen molar-refractivity contribution in [3.63, 3.8) is 0 Å². The van der Waals surface area contributed by atoms with Gasteiger partial charge in [0, 0.05) is 27.6 Å². The molecule has 10 rings (SSSR count). The van der Waals surface area contributed by atoms with Crippen molar-refractivity contribution in [2.45, 2.75) is 0 Å². The number of benzene rings is 8. The SMILES string of the molecule is c1ccc(-c2ccccc2-c2nc(-c3ccc(-c4cc5ccccc5o4)cc3)nc(-c3c4ccccc4cc4c3ccc3ccccc34)n2)cc1. The largest absolute Gasteiger partial charge is 0.456 e. The summed E-state index contributed by atoms with van der Waals surface area (Å²) in [5.74, 6) is 2.69. The molecule has 0 N–H and O–H groups in total. The Morgan fingerprint density at radius 3 is 1.78 bits per heavy atom. The maximum absolute atomic E-state index is 6.18. The van der Waals surface area contributed by atoms with E-state index in [4.69, 9.17) is 19.4 Å². The van der Waals surface area contributed by atoms with Crippen molar-refractivity contribution >= 4 is 43.3 Å². The van der Waals surface area contributed by atoms with Crippen LogP contribution in [0.3, 0.4) is 0 Å². The number of rotatable bonds is 5. The highest BCUT2D eigenvalue weighted by atomic mass is 16.3. The van der Waals surface area contributed by atoms with Gasteiger partial charge in [0.25, 0.3) is 0 Å². The van der Waals surface area contributed by atoms with Crippen molar-refractivity contribution in [3.05, 3.63) is 176 Å². The molecule has 0 spiro atoms. The Bertz CT molecular complexity index is 2880. The maximum Gasteiger partial charge on any atom is 0.165 e. The molecule has 4 nitrogen and oxygen atoms in total. The van der Waals surface area contributed by atoms with E-state index in [1.807, 2.05) is 30.3 Å². The van der Waals surface area contributed by atoms with Crippen LogP contribution in [-0.2, 0) is 0 Å². The minimum Gasteiger partial charge on any atom is -0.456 e. The molecule has 2 aromatic heterocycles. The smallest absolute Gasteiger partial charge is 0.165 e. The van der Waals surface area contributed by atoms with E-state index in [0.717, 1.165) is 66.3 Å². The topological polar surface area (TPSA) is 51.8 Å². The van der Waals surface area contributed by atoms with E-state index in [9.17, 15) is 0 Å². The molecular formula is C47H29N3O. The predicted octanol–water partition coefficient (Wildman–Crippen LogP) is 12.4. The van der Waals surface area contributed by atoms with Crippen LogP contribution < -0.4 is 0 Å². The Kier molecular flexibility index (Phi) is 6.78. The summed E-state index contributed by atoms with van der Waals surface area (Å²) in [5, 5.41) is 7.99. The summed E-state index contributed by atoms with van der Waals surface area (Å²) in [7, 11) is 0. The molecule has 8 aromatic carbocycles. The second kappa shape index (κ2) is 11.9. The van der Waals surface area contributed by atoms with Gasteiger partial charge in [0.05, 0.1) is 0 Å². The van der Waals surface area contributed by atoms with E-state index in [1.54, 1.807) is 0 Å². The molecule has 0 unspecified atom stereocenters. The van der Waals surface area contributed by atoms with Gasteiger partial charge in [-0.1, -0.05) is 158 Å². The average molecular weight is 652 g/mol. The van der Waals surface area contributed by atoms with Gasteiger partial charge in [-0.25, -0.2) is 15.0 Å².